The maximum atomic E-state index is 12.2. The van der Waals surface area contributed by atoms with Crippen molar-refractivity contribution >= 4 is 33.3 Å². The molecular weight excluding hydrogens is 400 g/mol. The molecule has 9 nitrogen and oxygen atoms in total. The van der Waals surface area contributed by atoms with Crippen molar-refractivity contribution in [1.29, 1.82) is 0 Å². The van der Waals surface area contributed by atoms with Crippen LogP contribution in [0.5, 0.6) is 11.5 Å². The number of carbonyl (C=O) groups excluding carboxylic acids is 2. The number of nitrogens with zero attached hydrogens (tertiary/aromatic N) is 1. The maximum absolute atomic E-state index is 12.2. The second kappa shape index (κ2) is 9.28. The summed E-state index contributed by atoms with van der Waals surface area (Å²) >= 11 is 0. The molecule has 156 valence electrons. The van der Waals surface area contributed by atoms with Crippen molar-refractivity contribution in [2.75, 3.05) is 43.8 Å². The van der Waals surface area contributed by atoms with Gasteiger partial charge in [0.05, 0.1) is 37.4 Å². The summed E-state index contributed by atoms with van der Waals surface area (Å²) < 4.78 is 39.5. The van der Waals surface area contributed by atoms with Gasteiger partial charge in [0.25, 0.3) is 5.91 Å². The quantitative estimate of drug-likeness (QED) is 0.647. The Morgan fingerprint density at radius 3 is 2.28 bits per heavy atom. The van der Waals surface area contributed by atoms with Crippen LogP contribution < -0.4 is 19.1 Å². The molecule has 0 saturated carbocycles. The molecule has 0 unspecified atom stereocenters. The fraction of sp³-hybridized carbons (Fsp3) is 0.263. The van der Waals surface area contributed by atoms with Crippen molar-refractivity contribution < 1.29 is 32.2 Å². The van der Waals surface area contributed by atoms with Gasteiger partial charge in [0.15, 0.2) is 6.61 Å². The Morgan fingerprint density at radius 1 is 1.07 bits per heavy atom. The topological polar surface area (TPSA) is 111 Å². The van der Waals surface area contributed by atoms with E-state index in [4.69, 9.17) is 9.47 Å². The average molecular weight is 422 g/mol. The smallest absolute Gasteiger partial charge is 0.337 e. The predicted octanol–water partition coefficient (Wildman–Crippen LogP) is 1.90. The maximum Gasteiger partial charge on any atom is 0.337 e. The van der Waals surface area contributed by atoms with Gasteiger partial charge in [0, 0.05) is 7.05 Å². The van der Waals surface area contributed by atoms with Crippen LogP contribution >= 0.6 is 0 Å². The van der Waals surface area contributed by atoms with E-state index in [1.54, 1.807) is 30.3 Å². The molecule has 2 aromatic carbocycles. The molecule has 0 bridgehead atoms. The third-order valence-electron chi connectivity index (χ3n) is 3.96. The fourth-order valence-corrected chi connectivity index (χ4v) is 2.83. The number of hydrogen-bond acceptors (Lipinski definition) is 7. The Morgan fingerprint density at radius 2 is 1.72 bits per heavy atom. The van der Waals surface area contributed by atoms with Gasteiger partial charge in [-0.05, 0) is 42.5 Å². The Bertz CT molecular complexity index is 988. The first-order valence-electron chi connectivity index (χ1n) is 8.38. The van der Waals surface area contributed by atoms with Crippen LogP contribution in [0, 0.1) is 0 Å². The highest BCUT2D eigenvalue weighted by Gasteiger charge is 2.14. The lowest BCUT2D eigenvalue weighted by atomic mass is 10.2. The highest BCUT2D eigenvalue weighted by atomic mass is 32.2. The second-order valence-corrected chi connectivity index (χ2v) is 7.98. The summed E-state index contributed by atoms with van der Waals surface area (Å²) in [5.41, 5.74) is 1.03. The summed E-state index contributed by atoms with van der Waals surface area (Å²) in [6.07, 6.45) is 1.10. The number of rotatable bonds is 8. The minimum Gasteiger partial charge on any atom is -0.495 e. The number of anilines is 2. The lowest BCUT2D eigenvalue weighted by molar-refractivity contribution is -0.118. The summed E-state index contributed by atoms with van der Waals surface area (Å²) in [6.45, 7) is -0.299. The zero-order valence-electron chi connectivity index (χ0n) is 16.5. The minimum atomic E-state index is -3.36. The Labute approximate surface area is 169 Å². The third kappa shape index (κ3) is 5.85. The second-order valence-electron chi connectivity index (χ2n) is 5.97. The number of methoxy groups -OCH3 is 2. The molecule has 0 saturated heterocycles. The largest absolute Gasteiger partial charge is 0.495 e. The highest BCUT2D eigenvalue weighted by molar-refractivity contribution is 7.92. The van der Waals surface area contributed by atoms with Crippen LogP contribution in [0.1, 0.15) is 10.4 Å². The number of ether oxygens (including phenoxy) is 3. The lowest BCUT2D eigenvalue weighted by Crippen LogP contribution is -2.24. The molecule has 0 fully saturated rings. The number of esters is 1. The van der Waals surface area contributed by atoms with Crippen LogP contribution in [-0.2, 0) is 19.6 Å². The van der Waals surface area contributed by atoms with Gasteiger partial charge in [-0.1, -0.05) is 0 Å². The molecule has 2 rings (SSSR count). The van der Waals surface area contributed by atoms with Gasteiger partial charge in [-0.25, -0.2) is 13.2 Å². The number of hydrogen-bond donors (Lipinski definition) is 1. The van der Waals surface area contributed by atoms with E-state index in [1.807, 2.05) is 0 Å². The Kier molecular flexibility index (Phi) is 7.05. The van der Waals surface area contributed by atoms with E-state index in [0.717, 1.165) is 10.6 Å². The molecular formula is C19H22N2O7S. The molecule has 0 heterocycles. The standard InChI is InChI=1S/C19H22N2O7S/c1-21(29(4,24)25)14-6-8-15(9-7-14)28-12-18(22)20-16-11-13(19(23)27-3)5-10-17(16)26-2/h5-11H,12H2,1-4H3,(H,20,22). The van der Waals surface area contributed by atoms with Gasteiger partial charge in [-0.2, -0.15) is 0 Å². The van der Waals surface area contributed by atoms with Gasteiger partial charge >= 0.3 is 5.97 Å². The zero-order chi connectivity index (χ0) is 21.6. The monoisotopic (exact) mass is 422 g/mol. The van der Waals surface area contributed by atoms with E-state index in [1.165, 1.54) is 33.4 Å². The summed E-state index contributed by atoms with van der Waals surface area (Å²) in [5.74, 6) is -0.249. The zero-order valence-corrected chi connectivity index (χ0v) is 17.3. The first-order chi connectivity index (χ1) is 13.7. The van der Waals surface area contributed by atoms with Gasteiger partial charge in [0.1, 0.15) is 11.5 Å². The molecule has 1 N–H and O–H groups in total. The summed E-state index contributed by atoms with van der Waals surface area (Å²) in [6, 6.07) is 10.8. The van der Waals surface area contributed by atoms with Crippen molar-refractivity contribution in [3.05, 3.63) is 48.0 Å². The van der Waals surface area contributed by atoms with Crippen LogP contribution in [0.4, 0.5) is 11.4 Å². The number of nitrogens with one attached hydrogen (secondary N) is 1. The summed E-state index contributed by atoms with van der Waals surface area (Å²) in [5, 5.41) is 2.62. The predicted molar refractivity (Wildman–Crippen MR) is 108 cm³/mol. The first kappa shape index (κ1) is 22.0. The van der Waals surface area contributed by atoms with E-state index in [0.29, 0.717) is 22.9 Å². The number of carbonyl (C=O) groups is 2. The molecule has 0 aliphatic rings. The lowest BCUT2D eigenvalue weighted by Gasteiger charge is -2.17. The van der Waals surface area contributed by atoms with Crippen LogP contribution in [0.25, 0.3) is 0 Å². The SMILES string of the molecule is COC(=O)c1ccc(OC)c(NC(=O)COc2ccc(N(C)S(C)(=O)=O)cc2)c1. The van der Waals surface area contributed by atoms with Crippen molar-refractivity contribution in [3.8, 4) is 11.5 Å². The minimum absolute atomic E-state index is 0.259. The molecule has 1 amide bonds. The van der Waals surface area contributed by atoms with Gasteiger partial charge < -0.3 is 19.5 Å². The van der Waals surface area contributed by atoms with Gasteiger partial charge in [-0.15, -0.1) is 0 Å². The number of sulfonamides is 1. The van der Waals surface area contributed by atoms with Crippen molar-refractivity contribution in [1.82, 2.24) is 0 Å². The van der Waals surface area contributed by atoms with Crippen molar-refractivity contribution in [2.24, 2.45) is 0 Å². The molecule has 0 aliphatic heterocycles. The van der Waals surface area contributed by atoms with Crippen LogP contribution in [-0.4, -0.2) is 54.4 Å². The highest BCUT2D eigenvalue weighted by Crippen LogP contribution is 2.26. The normalized spacial score (nSPS) is 10.8. The number of benzene rings is 2. The van der Waals surface area contributed by atoms with E-state index in [-0.39, 0.29) is 12.2 Å². The molecule has 0 aliphatic carbocycles. The summed E-state index contributed by atoms with van der Waals surface area (Å²) in [7, 11) is 0.776. The van der Waals surface area contributed by atoms with Crippen LogP contribution in [0.2, 0.25) is 0 Å². The van der Waals surface area contributed by atoms with E-state index < -0.39 is 21.9 Å². The molecule has 0 radical (unpaired) electrons. The van der Waals surface area contributed by atoms with Crippen molar-refractivity contribution in [3.63, 3.8) is 0 Å². The van der Waals surface area contributed by atoms with E-state index >= 15 is 0 Å². The molecule has 2 aromatic rings. The van der Waals surface area contributed by atoms with Crippen LogP contribution in [0.15, 0.2) is 42.5 Å². The van der Waals surface area contributed by atoms with Gasteiger partial charge in [0.2, 0.25) is 10.0 Å². The third-order valence-corrected chi connectivity index (χ3v) is 5.17. The number of amides is 1. The molecule has 10 heteroatoms. The molecule has 29 heavy (non-hydrogen) atoms. The van der Waals surface area contributed by atoms with Crippen molar-refractivity contribution in [2.45, 2.75) is 0 Å². The van der Waals surface area contributed by atoms with E-state index in [2.05, 4.69) is 10.1 Å². The van der Waals surface area contributed by atoms with E-state index in [9.17, 15) is 18.0 Å². The average Bonchev–Trinajstić information content (AvgIpc) is 2.70. The molecule has 0 aromatic heterocycles. The molecule has 0 spiro atoms. The molecule has 0 atom stereocenters. The Hall–Kier alpha value is -3.27. The first-order valence-corrected chi connectivity index (χ1v) is 10.2. The summed E-state index contributed by atoms with van der Waals surface area (Å²) in [4.78, 5) is 23.9. The van der Waals surface area contributed by atoms with Gasteiger partial charge in [-0.3, -0.25) is 9.10 Å². The Balaban J connectivity index is 2.02. The fourth-order valence-electron chi connectivity index (χ4n) is 2.33. The van der Waals surface area contributed by atoms with Crippen LogP contribution in [0.3, 0.4) is 0 Å².